The first-order chi connectivity index (χ1) is 8.72. The number of primary amides is 1. The van der Waals surface area contributed by atoms with Crippen molar-refractivity contribution in [1.29, 1.82) is 0 Å². The lowest BCUT2D eigenvalue weighted by atomic mass is 9.91. The first-order valence-electron chi connectivity index (χ1n) is 7.49. The molecule has 0 aromatic rings. The van der Waals surface area contributed by atoms with E-state index in [4.69, 9.17) is 5.73 Å². The van der Waals surface area contributed by atoms with Gasteiger partial charge in [0.1, 0.15) is 0 Å². The molecule has 2 fully saturated rings. The molecule has 1 amide bonds. The Kier molecular flexibility index (Phi) is 5.01. The number of nitrogens with zero attached hydrogens (tertiary/aromatic N) is 1. The molecule has 1 aliphatic carbocycles. The molecule has 104 valence electrons. The molecule has 3 atom stereocenters. The lowest BCUT2D eigenvalue weighted by Gasteiger charge is -2.38. The standard InChI is InChI=1S/C14H27N3O/c1-2-16-12(14(15)18)8-10-17-9-4-6-11-5-3-7-13(11)17/h11-13,16H,2-10H2,1H3,(H2,15,18). The highest BCUT2D eigenvalue weighted by molar-refractivity contribution is 5.79. The van der Waals surface area contributed by atoms with Gasteiger partial charge in [-0.1, -0.05) is 13.3 Å². The van der Waals surface area contributed by atoms with Crippen LogP contribution in [0.25, 0.3) is 0 Å². The van der Waals surface area contributed by atoms with E-state index in [0.29, 0.717) is 0 Å². The Morgan fingerprint density at radius 3 is 2.89 bits per heavy atom. The van der Waals surface area contributed by atoms with Gasteiger partial charge in [0.25, 0.3) is 0 Å². The number of likely N-dealkylation sites (N-methyl/N-ethyl adjacent to an activating group) is 1. The highest BCUT2D eigenvalue weighted by Gasteiger charge is 2.34. The van der Waals surface area contributed by atoms with E-state index in [1.807, 2.05) is 6.92 Å². The van der Waals surface area contributed by atoms with Crippen LogP contribution in [0.15, 0.2) is 0 Å². The Hall–Kier alpha value is -0.610. The van der Waals surface area contributed by atoms with E-state index in [1.54, 1.807) is 0 Å². The predicted octanol–water partition coefficient (Wildman–Crippen LogP) is 1.10. The molecular formula is C14H27N3O. The summed E-state index contributed by atoms with van der Waals surface area (Å²) in [6, 6.07) is 0.630. The SMILES string of the molecule is CCNC(CCN1CCCC2CCCC21)C(N)=O. The van der Waals surface area contributed by atoms with Crippen LogP contribution in [0.3, 0.4) is 0 Å². The minimum atomic E-state index is -0.211. The summed E-state index contributed by atoms with van der Waals surface area (Å²) >= 11 is 0. The molecule has 1 heterocycles. The van der Waals surface area contributed by atoms with E-state index in [-0.39, 0.29) is 11.9 Å². The van der Waals surface area contributed by atoms with Crippen molar-refractivity contribution in [3.63, 3.8) is 0 Å². The molecule has 2 rings (SSSR count). The van der Waals surface area contributed by atoms with Crippen LogP contribution in [0, 0.1) is 5.92 Å². The number of hydrogen-bond donors (Lipinski definition) is 2. The Bertz CT molecular complexity index is 282. The van der Waals surface area contributed by atoms with Gasteiger partial charge in [-0.15, -0.1) is 0 Å². The van der Waals surface area contributed by atoms with Crippen molar-refractivity contribution in [3.05, 3.63) is 0 Å². The number of nitrogens with two attached hydrogens (primary N) is 1. The number of carbonyl (C=O) groups excluding carboxylic acids is 1. The normalized spacial score (nSPS) is 30.1. The summed E-state index contributed by atoms with van der Waals surface area (Å²) in [5, 5.41) is 3.18. The second-order valence-electron chi connectivity index (χ2n) is 5.74. The third-order valence-corrected chi connectivity index (χ3v) is 4.61. The van der Waals surface area contributed by atoms with Crippen LogP contribution in [-0.4, -0.2) is 42.5 Å². The fraction of sp³-hybridized carbons (Fsp3) is 0.929. The quantitative estimate of drug-likeness (QED) is 0.745. The van der Waals surface area contributed by atoms with E-state index in [2.05, 4.69) is 10.2 Å². The Morgan fingerprint density at radius 2 is 2.17 bits per heavy atom. The van der Waals surface area contributed by atoms with Gasteiger partial charge in [-0.3, -0.25) is 4.79 Å². The van der Waals surface area contributed by atoms with Crippen LogP contribution >= 0.6 is 0 Å². The Balaban J connectivity index is 1.82. The van der Waals surface area contributed by atoms with Crippen molar-refractivity contribution < 1.29 is 4.79 Å². The van der Waals surface area contributed by atoms with E-state index < -0.39 is 0 Å². The van der Waals surface area contributed by atoms with E-state index in [9.17, 15) is 4.79 Å². The fourth-order valence-corrected chi connectivity index (χ4v) is 3.72. The molecule has 3 unspecified atom stereocenters. The van der Waals surface area contributed by atoms with E-state index in [1.165, 1.54) is 38.6 Å². The van der Waals surface area contributed by atoms with Crippen molar-refractivity contribution in [2.24, 2.45) is 11.7 Å². The summed E-state index contributed by atoms with van der Waals surface area (Å²) in [6.07, 6.45) is 7.74. The van der Waals surface area contributed by atoms with Crippen LogP contribution in [0.1, 0.15) is 45.4 Å². The van der Waals surface area contributed by atoms with E-state index in [0.717, 1.165) is 31.5 Å². The summed E-state index contributed by atoms with van der Waals surface area (Å²) in [7, 11) is 0. The van der Waals surface area contributed by atoms with Crippen LogP contribution in [0.2, 0.25) is 0 Å². The predicted molar refractivity (Wildman–Crippen MR) is 73.2 cm³/mol. The maximum atomic E-state index is 11.3. The van der Waals surface area contributed by atoms with Crippen molar-refractivity contribution in [1.82, 2.24) is 10.2 Å². The molecule has 3 N–H and O–H groups in total. The van der Waals surface area contributed by atoms with Crippen LogP contribution in [0.5, 0.6) is 0 Å². The van der Waals surface area contributed by atoms with Crippen LogP contribution < -0.4 is 11.1 Å². The number of likely N-dealkylation sites (tertiary alicyclic amines) is 1. The van der Waals surface area contributed by atoms with Crippen LogP contribution in [-0.2, 0) is 4.79 Å². The summed E-state index contributed by atoms with van der Waals surface area (Å²) in [5.41, 5.74) is 5.43. The van der Waals surface area contributed by atoms with Gasteiger partial charge >= 0.3 is 0 Å². The average molecular weight is 253 g/mol. The molecule has 0 aromatic heterocycles. The molecule has 18 heavy (non-hydrogen) atoms. The van der Waals surface area contributed by atoms with Crippen LogP contribution in [0.4, 0.5) is 0 Å². The zero-order valence-corrected chi connectivity index (χ0v) is 11.5. The minimum Gasteiger partial charge on any atom is -0.368 e. The average Bonchev–Trinajstić information content (AvgIpc) is 2.82. The molecule has 0 aromatic carbocycles. The molecule has 4 nitrogen and oxygen atoms in total. The van der Waals surface area contributed by atoms with Crippen molar-refractivity contribution in [2.45, 2.75) is 57.5 Å². The number of amides is 1. The van der Waals surface area contributed by atoms with E-state index >= 15 is 0 Å². The molecule has 1 saturated heterocycles. The molecule has 0 spiro atoms. The molecule has 1 aliphatic heterocycles. The van der Waals surface area contributed by atoms with Crippen molar-refractivity contribution in [3.8, 4) is 0 Å². The number of fused-ring (bicyclic) bond motifs is 1. The first-order valence-corrected chi connectivity index (χ1v) is 7.49. The number of hydrogen-bond acceptors (Lipinski definition) is 3. The molecular weight excluding hydrogens is 226 g/mol. The maximum absolute atomic E-state index is 11.3. The zero-order chi connectivity index (χ0) is 13.0. The Labute approximate surface area is 110 Å². The lowest BCUT2D eigenvalue weighted by Crippen LogP contribution is -2.47. The number of carbonyl (C=O) groups is 1. The smallest absolute Gasteiger partial charge is 0.234 e. The maximum Gasteiger partial charge on any atom is 0.234 e. The molecule has 0 bridgehead atoms. The monoisotopic (exact) mass is 253 g/mol. The van der Waals surface area contributed by atoms with Gasteiger partial charge in [-0.25, -0.2) is 0 Å². The summed E-state index contributed by atoms with van der Waals surface area (Å²) in [4.78, 5) is 13.9. The van der Waals surface area contributed by atoms with Crippen molar-refractivity contribution >= 4 is 5.91 Å². The molecule has 2 aliphatic rings. The zero-order valence-electron chi connectivity index (χ0n) is 11.5. The highest BCUT2D eigenvalue weighted by Crippen LogP contribution is 2.36. The molecule has 0 radical (unpaired) electrons. The lowest BCUT2D eigenvalue weighted by molar-refractivity contribution is -0.120. The van der Waals surface area contributed by atoms with Gasteiger partial charge in [0.2, 0.25) is 5.91 Å². The molecule has 4 heteroatoms. The van der Waals surface area contributed by atoms with Gasteiger partial charge in [0, 0.05) is 12.6 Å². The summed E-state index contributed by atoms with van der Waals surface area (Å²) in [5.74, 6) is 0.710. The number of piperidine rings is 1. The first kappa shape index (κ1) is 13.8. The number of nitrogens with one attached hydrogen (secondary N) is 1. The second kappa shape index (κ2) is 6.53. The van der Waals surface area contributed by atoms with Crippen molar-refractivity contribution in [2.75, 3.05) is 19.6 Å². The minimum absolute atomic E-state index is 0.156. The second-order valence-corrected chi connectivity index (χ2v) is 5.74. The van der Waals surface area contributed by atoms with Gasteiger partial charge in [0.15, 0.2) is 0 Å². The highest BCUT2D eigenvalue weighted by atomic mass is 16.1. The number of rotatable bonds is 6. The topological polar surface area (TPSA) is 58.4 Å². The van der Waals surface area contributed by atoms with Gasteiger partial charge in [-0.2, -0.15) is 0 Å². The van der Waals surface area contributed by atoms with Gasteiger partial charge < -0.3 is 16.0 Å². The largest absolute Gasteiger partial charge is 0.368 e. The third-order valence-electron chi connectivity index (χ3n) is 4.61. The van der Waals surface area contributed by atoms with Gasteiger partial charge in [-0.05, 0) is 51.1 Å². The summed E-state index contributed by atoms with van der Waals surface area (Å²) in [6.45, 7) is 5.05. The Morgan fingerprint density at radius 1 is 1.39 bits per heavy atom. The fourth-order valence-electron chi connectivity index (χ4n) is 3.72. The van der Waals surface area contributed by atoms with Gasteiger partial charge in [0.05, 0.1) is 6.04 Å². The third kappa shape index (κ3) is 3.23. The summed E-state index contributed by atoms with van der Waals surface area (Å²) < 4.78 is 0. The molecule has 1 saturated carbocycles.